The van der Waals surface area contributed by atoms with Gasteiger partial charge in [-0.1, -0.05) is 20.8 Å². The lowest BCUT2D eigenvalue weighted by atomic mass is 10.5. The van der Waals surface area contributed by atoms with Crippen LogP contribution in [0.1, 0.15) is 41.0 Å². The molecular formula is C16H38O4Si2. The highest BCUT2D eigenvalue weighted by molar-refractivity contribution is 6.73. The average Bonchev–Trinajstić information content (AvgIpc) is 2.51. The summed E-state index contributed by atoms with van der Waals surface area (Å²) in [6, 6.07) is 4.54. The Morgan fingerprint density at radius 3 is 1.68 bits per heavy atom. The molecule has 0 aliphatic carbocycles. The van der Waals surface area contributed by atoms with Gasteiger partial charge in [0.2, 0.25) is 0 Å². The van der Waals surface area contributed by atoms with Crippen LogP contribution in [0.25, 0.3) is 0 Å². The summed E-state index contributed by atoms with van der Waals surface area (Å²) in [6.45, 7) is 16.7. The summed E-state index contributed by atoms with van der Waals surface area (Å²) >= 11 is 0. The summed E-state index contributed by atoms with van der Waals surface area (Å²) in [5.74, 6) is 0. The van der Waals surface area contributed by atoms with Gasteiger partial charge in [-0.2, -0.15) is 0 Å². The Bertz CT molecular complexity index is 246. The first-order valence-electron chi connectivity index (χ1n) is 9.01. The van der Waals surface area contributed by atoms with Crippen LogP contribution < -0.4 is 0 Å². The monoisotopic (exact) mass is 350 g/mol. The van der Waals surface area contributed by atoms with Gasteiger partial charge in [-0.05, 0) is 44.9 Å². The fourth-order valence-electron chi connectivity index (χ4n) is 2.66. The molecule has 0 heterocycles. The molecule has 4 nitrogen and oxygen atoms in total. The second-order valence-electron chi connectivity index (χ2n) is 5.81. The zero-order valence-corrected chi connectivity index (χ0v) is 17.7. The van der Waals surface area contributed by atoms with Crippen molar-refractivity contribution in [3.8, 4) is 0 Å². The van der Waals surface area contributed by atoms with Crippen LogP contribution in [-0.2, 0) is 18.0 Å². The second kappa shape index (κ2) is 12.7. The van der Waals surface area contributed by atoms with Gasteiger partial charge >= 0.3 is 8.56 Å². The van der Waals surface area contributed by atoms with E-state index in [1.165, 1.54) is 18.1 Å². The van der Waals surface area contributed by atoms with E-state index in [2.05, 4.69) is 27.3 Å². The van der Waals surface area contributed by atoms with Crippen molar-refractivity contribution in [2.24, 2.45) is 0 Å². The van der Waals surface area contributed by atoms with E-state index in [4.69, 9.17) is 18.0 Å². The molecule has 0 amide bonds. The molecule has 0 aromatic heterocycles. The van der Waals surface area contributed by atoms with E-state index in [0.29, 0.717) is 13.2 Å². The summed E-state index contributed by atoms with van der Waals surface area (Å²) < 4.78 is 23.6. The van der Waals surface area contributed by atoms with Gasteiger partial charge in [0, 0.05) is 39.1 Å². The van der Waals surface area contributed by atoms with Crippen molar-refractivity contribution in [2.45, 2.75) is 71.8 Å². The van der Waals surface area contributed by atoms with Crippen molar-refractivity contribution < 1.29 is 18.0 Å². The Morgan fingerprint density at radius 2 is 1.23 bits per heavy atom. The Kier molecular flexibility index (Phi) is 12.8. The fraction of sp³-hybridized carbons (Fsp3) is 1.00. The molecule has 0 radical (unpaired) electrons. The molecule has 0 unspecified atom stereocenters. The lowest BCUT2D eigenvalue weighted by molar-refractivity contribution is 0.115. The first kappa shape index (κ1) is 22.3. The zero-order chi connectivity index (χ0) is 16.9. The minimum absolute atomic E-state index is 0.717. The number of hydrogen-bond donors (Lipinski definition) is 0. The normalized spacial score (nSPS) is 12.8. The molecule has 0 aromatic rings. The quantitative estimate of drug-likeness (QED) is 0.320. The summed E-state index contributed by atoms with van der Waals surface area (Å²) in [5, 5.41) is 0. The topological polar surface area (TPSA) is 36.9 Å². The number of ether oxygens (including phenoxy) is 1. The number of hydrogen-bond acceptors (Lipinski definition) is 4. The van der Waals surface area contributed by atoms with Gasteiger partial charge in [0.1, 0.15) is 0 Å². The standard InChI is InChI=1S/C16H38O4Si2/c1-7-18-21(6,19-8-2)16-15-17-13-12-14-20-22(9-3,10-4)11-5/h7-16H2,1-6H3. The predicted octanol–water partition coefficient (Wildman–Crippen LogP) is 4.56. The van der Waals surface area contributed by atoms with Crippen LogP contribution in [0.4, 0.5) is 0 Å². The van der Waals surface area contributed by atoms with Gasteiger partial charge in [-0.25, -0.2) is 0 Å². The van der Waals surface area contributed by atoms with Gasteiger partial charge in [-0.15, -0.1) is 0 Å². The van der Waals surface area contributed by atoms with E-state index >= 15 is 0 Å². The molecule has 0 N–H and O–H groups in total. The SMILES string of the molecule is CCO[Si](C)(CCOCCCO[Si](CC)(CC)CC)OCC. The Morgan fingerprint density at radius 1 is 0.682 bits per heavy atom. The predicted molar refractivity (Wildman–Crippen MR) is 98.3 cm³/mol. The van der Waals surface area contributed by atoms with E-state index in [1.807, 2.05) is 13.8 Å². The first-order chi connectivity index (χ1) is 10.5. The molecule has 134 valence electrons. The van der Waals surface area contributed by atoms with Crippen molar-refractivity contribution in [3.63, 3.8) is 0 Å². The second-order valence-corrected chi connectivity index (χ2v) is 13.9. The zero-order valence-electron chi connectivity index (χ0n) is 15.7. The molecule has 6 heteroatoms. The van der Waals surface area contributed by atoms with E-state index in [0.717, 1.165) is 32.3 Å². The van der Waals surface area contributed by atoms with E-state index in [-0.39, 0.29) is 0 Å². The highest BCUT2D eigenvalue weighted by atomic mass is 28.4. The van der Waals surface area contributed by atoms with Crippen molar-refractivity contribution in [1.82, 2.24) is 0 Å². The third kappa shape index (κ3) is 8.79. The Labute approximate surface area is 140 Å². The number of rotatable bonds is 15. The molecule has 0 aromatic carbocycles. The highest BCUT2D eigenvalue weighted by Crippen LogP contribution is 2.21. The van der Waals surface area contributed by atoms with Crippen LogP contribution in [0.3, 0.4) is 0 Å². The van der Waals surface area contributed by atoms with Crippen LogP contribution in [-0.4, -0.2) is 49.9 Å². The van der Waals surface area contributed by atoms with Crippen molar-refractivity contribution >= 4 is 16.9 Å². The molecule has 0 saturated carbocycles. The third-order valence-corrected chi connectivity index (χ3v) is 12.0. The lowest BCUT2D eigenvalue weighted by Gasteiger charge is -2.28. The molecule has 0 aliphatic rings. The van der Waals surface area contributed by atoms with Crippen molar-refractivity contribution in [2.75, 3.05) is 33.0 Å². The third-order valence-electron chi connectivity index (χ3n) is 4.37. The molecule has 0 saturated heterocycles. The largest absolute Gasteiger partial charge is 0.417 e. The molecule has 0 bridgehead atoms. The molecular weight excluding hydrogens is 312 g/mol. The summed E-state index contributed by atoms with van der Waals surface area (Å²) in [7, 11) is -3.44. The fourth-order valence-corrected chi connectivity index (χ4v) is 7.46. The van der Waals surface area contributed by atoms with Crippen LogP contribution >= 0.6 is 0 Å². The summed E-state index contributed by atoms with van der Waals surface area (Å²) in [6.07, 6.45) is 0.982. The van der Waals surface area contributed by atoms with Crippen molar-refractivity contribution in [3.05, 3.63) is 0 Å². The molecule has 0 spiro atoms. The minimum atomic E-state index is -2.01. The summed E-state index contributed by atoms with van der Waals surface area (Å²) in [5.41, 5.74) is 0. The van der Waals surface area contributed by atoms with E-state index in [1.54, 1.807) is 0 Å². The smallest absolute Gasteiger partial charge is 0.337 e. The lowest BCUT2D eigenvalue weighted by Crippen LogP contribution is -2.39. The van der Waals surface area contributed by atoms with Gasteiger partial charge in [0.25, 0.3) is 0 Å². The molecule has 0 rings (SSSR count). The molecule has 0 atom stereocenters. The van der Waals surface area contributed by atoms with Crippen LogP contribution in [0.2, 0.25) is 30.7 Å². The maximum atomic E-state index is 6.22. The van der Waals surface area contributed by atoms with Gasteiger partial charge < -0.3 is 18.0 Å². The van der Waals surface area contributed by atoms with Gasteiger partial charge in [0.15, 0.2) is 8.32 Å². The summed E-state index contributed by atoms with van der Waals surface area (Å²) in [4.78, 5) is 0. The Balaban J connectivity index is 3.80. The van der Waals surface area contributed by atoms with Crippen LogP contribution in [0.15, 0.2) is 0 Å². The minimum Gasteiger partial charge on any atom is -0.417 e. The van der Waals surface area contributed by atoms with E-state index < -0.39 is 16.9 Å². The maximum absolute atomic E-state index is 6.22. The van der Waals surface area contributed by atoms with Crippen LogP contribution in [0.5, 0.6) is 0 Å². The molecule has 0 aliphatic heterocycles. The Hall–Kier alpha value is 0.274. The highest BCUT2D eigenvalue weighted by Gasteiger charge is 2.30. The average molecular weight is 351 g/mol. The molecule has 22 heavy (non-hydrogen) atoms. The molecule has 0 fully saturated rings. The maximum Gasteiger partial charge on any atom is 0.337 e. The van der Waals surface area contributed by atoms with Crippen molar-refractivity contribution in [1.29, 1.82) is 0 Å². The van der Waals surface area contributed by atoms with Gasteiger partial charge in [-0.3, -0.25) is 0 Å². The van der Waals surface area contributed by atoms with Gasteiger partial charge in [0.05, 0.1) is 0 Å². The van der Waals surface area contributed by atoms with E-state index in [9.17, 15) is 0 Å². The van der Waals surface area contributed by atoms with Crippen LogP contribution in [0, 0.1) is 0 Å². The first-order valence-corrected chi connectivity index (χ1v) is 14.1.